The molecule has 0 bridgehead atoms. The van der Waals surface area contributed by atoms with Gasteiger partial charge < -0.3 is 15.8 Å². The molecule has 0 radical (unpaired) electrons. The van der Waals surface area contributed by atoms with Crippen LogP contribution in [0.5, 0.6) is 5.75 Å². The molecule has 0 aliphatic carbocycles. The molecule has 19 heavy (non-hydrogen) atoms. The van der Waals surface area contributed by atoms with Crippen LogP contribution in [0.1, 0.15) is 5.56 Å². The van der Waals surface area contributed by atoms with Crippen LogP contribution < -0.4 is 15.8 Å². The summed E-state index contributed by atoms with van der Waals surface area (Å²) in [7, 11) is 1.58. The molecule has 2 rings (SSSR count). The van der Waals surface area contributed by atoms with E-state index in [1.165, 1.54) is 4.68 Å². The van der Waals surface area contributed by atoms with Crippen molar-refractivity contribution < 1.29 is 9.53 Å². The van der Waals surface area contributed by atoms with Crippen molar-refractivity contribution in [3.63, 3.8) is 0 Å². The minimum Gasteiger partial charge on any atom is -0.497 e. The molecule has 2 aromatic rings. The third-order valence-corrected chi connectivity index (χ3v) is 2.64. The average molecular weight is 260 g/mol. The Kier molecular flexibility index (Phi) is 3.70. The zero-order valence-corrected chi connectivity index (χ0v) is 10.9. The molecule has 3 N–H and O–H groups in total. The van der Waals surface area contributed by atoms with Gasteiger partial charge in [0.2, 0.25) is 5.91 Å². The van der Waals surface area contributed by atoms with E-state index in [9.17, 15) is 4.79 Å². The first kappa shape index (κ1) is 12.9. The van der Waals surface area contributed by atoms with Crippen molar-refractivity contribution >= 4 is 17.4 Å². The number of benzene rings is 1. The first-order valence-corrected chi connectivity index (χ1v) is 5.82. The molecule has 1 amide bonds. The van der Waals surface area contributed by atoms with Gasteiger partial charge in [-0.3, -0.25) is 9.48 Å². The monoisotopic (exact) mass is 260 g/mol. The van der Waals surface area contributed by atoms with Crippen LogP contribution >= 0.6 is 0 Å². The first-order valence-electron chi connectivity index (χ1n) is 5.82. The van der Waals surface area contributed by atoms with Crippen molar-refractivity contribution in [1.29, 1.82) is 0 Å². The SMILES string of the molecule is COc1cccc(NC(=O)Cn2cc(C)c(N)n2)c1. The van der Waals surface area contributed by atoms with E-state index in [1.807, 2.05) is 19.1 Å². The lowest BCUT2D eigenvalue weighted by molar-refractivity contribution is -0.116. The number of nitrogens with two attached hydrogens (primary N) is 1. The van der Waals surface area contributed by atoms with Crippen molar-refractivity contribution in [1.82, 2.24) is 9.78 Å². The molecular weight excluding hydrogens is 244 g/mol. The van der Waals surface area contributed by atoms with Crippen LogP contribution in [0, 0.1) is 6.92 Å². The summed E-state index contributed by atoms with van der Waals surface area (Å²) < 4.78 is 6.60. The Morgan fingerprint density at radius 2 is 2.32 bits per heavy atom. The van der Waals surface area contributed by atoms with Crippen LogP contribution in [0.4, 0.5) is 11.5 Å². The summed E-state index contributed by atoms with van der Waals surface area (Å²) in [6, 6.07) is 7.17. The van der Waals surface area contributed by atoms with E-state index >= 15 is 0 Å². The molecule has 1 heterocycles. The van der Waals surface area contributed by atoms with Gasteiger partial charge >= 0.3 is 0 Å². The lowest BCUT2D eigenvalue weighted by atomic mass is 10.3. The number of carbonyl (C=O) groups is 1. The number of nitrogen functional groups attached to an aromatic ring is 1. The summed E-state index contributed by atoms with van der Waals surface area (Å²) in [5.41, 5.74) is 7.16. The molecule has 1 aromatic carbocycles. The van der Waals surface area contributed by atoms with Crippen molar-refractivity contribution in [3.05, 3.63) is 36.0 Å². The fourth-order valence-corrected chi connectivity index (χ4v) is 1.67. The fraction of sp³-hybridized carbons (Fsp3) is 0.231. The zero-order chi connectivity index (χ0) is 13.8. The van der Waals surface area contributed by atoms with E-state index in [1.54, 1.807) is 25.4 Å². The second-order valence-electron chi connectivity index (χ2n) is 4.18. The number of amides is 1. The molecule has 0 saturated heterocycles. The number of rotatable bonds is 4. The van der Waals surface area contributed by atoms with E-state index in [-0.39, 0.29) is 12.5 Å². The van der Waals surface area contributed by atoms with Crippen LogP contribution in [0.15, 0.2) is 30.5 Å². The van der Waals surface area contributed by atoms with Gasteiger partial charge in [-0.25, -0.2) is 0 Å². The minimum absolute atomic E-state index is 0.120. The van der Waals surface area contributed by atoms with E-state index in [4.69, 9.17) is 10.5 Å². The number of hydrogen-bond acceptors (Lipinski definition) is 4. The Labute approximate surface area is 111 Å². The van der Waals surface area contributed by atoms with Gasteiger partial charge in [0.15, 0.2) is 0 Å². The van der Waals surface area contributed by atoms with Crippen molar-refractivity contribution in [2.75, 3.05) is 18.2 Å². The van der Waals surface area contributed by atoms with Gasteiger partial charge in [-0.2, -0.15) is 5.10 Å². The van der Waals surface area contributed by atoms with Gasteiger partial charge in [0, 0.05) is 23.5 Å². The number of aryl methyl sites for hydroxylation is 1. The highest BCUT2D eigenvalue weighted by atomic mass is 16.5. The zero-order valence-electron chi connectivity index (χ0n) is 10.9. The second kappa shape index (κ2) is 5.43. The highest BCUT2D eigenvalue weighted by Gasteiger charge is 2.07. The van der Waals surface area contributed by atoms with Gasteiger partial charge in [-0.05, 0) is 19.1 Å². The molecular formula is C13H16N4O2. The molecule has 0 saturated carbocycles. The Morgan fingerprint density at radius 1 is 1.53 bits per heavy atom. The molecule has 0 atom stereocenters. The van der Waals surface area contributed by atoms with Crippen LogP contribution in [-0.2, 0) is 11.3 Å². The minimum atomic E-state index is -0.171. The number of hydrogen-bond donors (Lipinski definition) is 2. The summed E-state index contributed by atoms with van der Waals surface area (Å²) in [4.78, 5) is 11.8. The lowest BCUT2D eigenvalue weighted by Gasteiger charge is -2.07. The summed E-state index contributed by atoms with van der Waals surface area (Å²) in [6.45, 7) is 1.97. The topological polar surface area (TPSA) is 82.2 Å². The first-order chi connectivity index (χ1) is 9.08. The predicted octanol–water partition coefficient (Wildman–Crippen LogP) is 1.42. The number of carbonyl (C=O) groups excluding carboxylic acids is 1. The van der Waals surface area contributed by atoms with Gasteiger partial charge in [0.1, 0.15) is 18.1 Å². The fourth-order valence-electron chi connectivity index (χ4n) is 1.67. The van der Waals surface area contributed by atoms with E-state index in [0.717, 1.165) is 5.56 Å². The van der Waals surface area contributed by atoms with Gasteiger partial charge in [-0.15, -0.1) is 0 Å². The van der Waals surface area contributed by atoms with E-state index in [2.05, 4.69) is 10.4 Å². The standard InChI is InChI=1S/C13H16N4O2/c1-9-7-17(16-13(9)14)8-12(18)15-10-4-3-5-11(6-10)19-2/h3-7H,8H2,1-2H3,(H2,14,16)(H,15,18). The second-order valence-corrected chi connectivity index (χ2v) is 4.18. The predicted molar refractivity (Wildman–Crippen MR) is 73.0 cm³/mol. The summed E-state index contributed by atoms with van der Waals surface area (Å²) >= 11 is 0. The van der Waals surface area contributed by atoms with Crippen molar-refractivity contribution in [2.45, 2.75) is 13.5 Å². The highest BCUT2D eigenvalue weighted by Crippen LogP contribution is 2.16. The normalized spacial score (nSPS) is 10.2. The molecule has 1 aromatic heterocycles. The maximum absolute atomic E-state index is 11.8. The molecule has 0 aliphatic rings. The van der Waals surface area contributed by atoms with E-state index < -0.39 is 0 Å². The Hall–Kier alpha value is -2.50. The molecule has 0 unspecified atom stereocenters. The molecule has 6 heteroatoms. The summed E-state index contributed by atoms with van der Waals surface area (Å²) in [5, 5.41) is 6.81. The quantitative estimate of drug-likeness (QED) is 0.871. The summed E-state index contributed by atoms with van der Waals surface area (Å²) in [5.74, 6) is 0.960. The number of anilines is 2. The van der Waals surface area contributed by atoms with Gasteiger partial charge in [0.25, 0.3) is 0 Å². The largest absolute Gasteiger partial charge is 0.497 e. The smallest absolute Gasteiger partial charge is 0.246 e. The van der Waals surface area contributed by atoms with Gasteiger partial charge in [-0.1, -0.05) is 6.07 Å². The molecule has 6 nitrogen and oxygen atoms in total. The van der Waals surface area contributed by atoms with Crippen LogP contribution in [0.3, 0.4) is 0 Å². The average Bonchev–Trinajstić information content (AvgIpc) is 2.68. The number of nitrogens with one attached hydrogen (secondary N) is 1. The Balaban J connectivity index is 2.00. The number of aromatic nitrogens is 2. The maximum Gasteiger partial charge on any atom is 0.246 e. The number of nitrogens with zero attached hydrogens (tertiary/aromatic N) is 2. The number of methoxy groups -OCH3 is 1. The molecule has 0 spiro atoms. The van der Waals surface area contributed by atoms with Crippen LogP contribution in [-0.4, -0.2) is 22.8 Å². The Morgan fingerprint density at radius 3 is 2.95 bits per heavy atom. The van der Waals surface area contributed by atoms with E-state index in [0.29, 0.717) is 17.3 Å². The summed E-state index contributed by atoms with van der Waals surface area (Å²) in [6.07, 6.45) is 1.74. The van der Waals surface area contributed by atoms with Crippen LogP contribution in [0.2, 0.25) is 0 Å². The molecule has 100 valence electrons. The third kappa shape index (κ3) is 3.25. The Bertz CT molecular complexity index is 573. The molecule has 0 aliphatic heterocycles. The number of ether oxygens (including phenoxy) is 1. The highest BCUT2D eigenvalue weighted by molar-refractivity contribution is 5.90. The lowest BCUT2D eigenvalue weighted by Crippen LogP contribution is -2.19. The maximum atomic E-state index is 11.8. The van der Waals surface area contributed by atoms with Crippen molar-refractivity contribution in [3.8, 4) is 5.75 Å². The van der Waals surface area contributed by atoms with Gasteiger partial charge in [0.05, 0.1) is 7.11 Å². The van der Waals surface area contributed by atoms with Crippen LogP contribution in [0.25, 0.3) is 0 Å². The molecule has 0 fully saturated rings. The van der Waals surface area contributed by atoms with Crippen molar-refractivity contribution in [2.24, 2.45) is 0 Å². The third-order valence-electron chi connectivity index (χ3n) is 2.64.